The quantitative estimate of drug-likeness (QED) is 0.828. The molecule has 0 bridgehead atoms. The zero-order chi connectivity index (χ0) is 19.5. The van der Waals surface area contributed by atoms with Crippen molar-refractivity contribution in [3.05, 3.63) is 48.0 Å². The topological polar surface area (TPSA) is 89.0 Å². The summed E-state index contributed by atoms with van der Waals surface area (Å²) in [7, 11) is 0. The standard InChI is InChI=1S/C20H19N3O4S/c1-12-2-4-13(5-3-12)21-18(24)11-17-19(25)23-20(28-17)22-14-6-7-15-16(10-14)27-9-8-26-15/h2-7,10,17H,8-9,11H2,1H3,(H,21,24)(H,22,23,25). The first kappa shape index (κ1) is 18.4. The number of hydrogen-bond acceptors (Lipinski definition) is 6. The highest BCUT2D eigenvalue weighted by Gasteiger charge is 2.32. The molecule has 8 heteroatoms. The summed E-state index contributed by atoms with van der Waals surface area (Å²) in [4.78, 5) is 28.9. The molecule has 1 fully saturated rings. The van der Waals surface area contributed by atoms with E-state index in [-0.39, 0.29) is 18.2 Å². The van der Waals surface area contributed by atoms with E-state index in [1.54, 1.807) is 18.2 Å². The Morgan fingerprint density at radius 1 is 1.18 bits per heavy atom. The average Bonchev–Trinajstić information content (AvgIpc) is 3.02. The highest BCUT2D eigenvalue weighted by Crippen LogP contribution is 2.34. The molecule has 0 spiro atoms. The molecule has 2 aromatic rings. The van der Waals surface area contributed by atoms with E-state index >= 15 is 0 Å². The molecule has 1 unspecified atom stereocenters. The molecular weight excluding hydrogens is 378 g/mol. The number of aliphatic imine (C=N–C) groups is 1. The van der Waals surface area contributed by atoms with Crippen LogP contribution in [0.5, 0.6) is 11.5 Å². The number of amides is 2. The Bertz CT molecular complexity index is 943. The van der Waals surface area contributed by atoms with Crippen molar-refractivity contribution >= 4 is 40.1 Å². The molecule has 2 aliphatic rings. The number of amidine groups is 1. The summed E-state index contributed by atoms with van der Waals surface area (Å²) in [5.74, 6) is 0.887. The normalized spacial score (nSPS) is 19.4. The van der Waals surface area contributed by atoms with Crippen molar-refractivity contribution in [1.29, 1.82) is 0 Å². The lowest BCUT2D eigenvalue weighted by Crippen LogP contribution is -2.28. The van der Waals surface area contributed by atoms with Gasteiger partial charge in [-0.1, -0.05) is 29.5 Å². The molecule has 4 rings (SSSR count). The fraction of sp³-hybridized carbons (Fsp3) is 0.250. The summed E-state index contributed by atoms with van der Waals surface area (Å²) in [5, 5.41) is 5.50. The molecule has 2 heterocycles. The van der Waals surface area contributed by atoms with E-state index < -0.39 is 5.25 Å². The number of ether oxygens (including phenoxy) is 2. The minimum absolute atomic E-state index is 0.0739. The molecule has 2 amide bonds. The van der Waals surface area contributed by atoms with Crippen LogP contribution in [0.3, 0.4) is 0 Å². The molecule has 28 heavy (non-hydrogen) atoms. The van der Waals surface area contributed by atoms with E-state index in [1.165, 1.54) is 11.8 Å². The molecule has 1 saturated heterocycles. The van der Waals surface area contributed by atoms with E-state index in [0.29, 0.717) is 41.3 Å². The van der Waals surface area contributed by atoms with Crippen molar-refractivity contribution in [3.63, 3.8) is 0 Å². The maximum Gasteiger partial charge on any atom is 0.240 e. The van der Waals surface area contributed by atoms with Crippen LogP contribution in [-0.4, -0.2) is 35.4 Å². The minimum Gasteiger partial charge on any atom is -0.486 e. The highest BCUT2D eigenvalue weighted by atomic mass is 32.2. The first-order chi connectivity index (χ1) is 13.6. The van der Waals surface area contributed by atoms with Gasteiger partial charge in [0.25, 0.3) is 0 Å². The average molecular weight is 397 g/mol. The fourth-order valence-corrected chi connectivity index (χ4v) is 3.82. The Balaban J connectivity index is 1.38. The highest BCUT2D eigenvalue weighted by molar-refractivity contribution is 8.15. The number of thioether (sulfide) groups is 1. The van der Waals surface area contributed by atoms with Crippen molar-refractivity contribution in [1.82, 2.24) is 5.32 Å². The van der Waals surface area contributed by atoms with E-state index in [0.717, 1.165) is 5.56 Å². The van der Waals surface area contributed by atoms with E-state index in [2.05, 4.69) is 15.6 Å². The zero-order valence-corrected chi connectivity index (χ0v) is 16.0. The van der Waals surface area contributed by atoms with Gasteiger partial charge in [-0.25, -0.2) is 4.99 Å². The summed E-state index contributed by atoms with van der Waals surface area (Å²) in [6.07, 6.45) is 0.0739. The number of nitrogens with one attached hydrogen (secondary N) is 2. The second kappa shape index (κ2) is 7.93. The molecule has 0 radical (unpaired) electrons. The van der Waals surface area contributed by atoms with Crippen LogP contribution in [0.15, 0.2) is 47.5 Å². The third-order valence-electron chi connectivity index (χ3n) is 4.24. The Kier molecular flexibility index (Phi) is 5.21. The number of hydrogen-bond donors (Lipinski definition) is 2. The third-order valence-corrected chi connectivity index (χ3v) is 5.32. The fourth-order valence-electron chi connectivity index (χ4n) is 2.83. The van der Waals surface area contributed by atoms with Crippen LogP contribution in [0.1, 0.15) is 12.0 Å². The molecule has 2 N–H and O–H groups in total. The number of fused-ring (bicyclic) bond motifs is 1. The van der Waals surface area contributed by atoms with Crippen LogP contribution in [0, 0.1) is 6.92 Å². The van der Waals surface area contributed by atoms with Crippen LogP contribution in [0.2, 0.25) is 0 Å². The molecule has 144 valence electrons. The molecule has 0 saturated carbocycles. The van der Waals surface area contributed by atoms with Crippen LogP contribution in [0.4, 0.5) is 11.4 Å². The van der Waals surface area contributed by atoms with Gasteiger partial charge in [0, 0.05) is 18.2 Å². The monoisotopic (exact) mass is 397 g/mol. The van der Waals surface area contributed by atoms with Crippen molar-refractivity contribution in [2.75, 3.05) is 18.5 Å². The predicted octanol–water partition coefficient (Wildman–Crippen LogP) is 3.01. The minimum atomic E-state index is -0.513. The third kappa shape index (κ3) is 4.28. The molecule has 0 aromatic heterocycles. The second-order valence-corrected chi connectivity index (χ2v) is 7.65. The van der Waals surface area contributed by atoms with Gasteiger partial charge in [-0.15, -0.1) is 0 Å². The maximum atomic E-state index is 12.2. The lowest BCUT2D eigenvalue weighted by molar-refractivity contribution is -0.122. The predicted molar refractivity (Wildman–Crippen MR) is 108 cm³/mol. The number of nitrogens with zero attached hydrogens (tertiary/aromatic N) is 1. The summed E-state index contributed by atoms with van der Waals surface area (Å²) in [5.41, 5.74) is 2.48. The number of rotatable bonds is 4. The molecule has 2 aliphatic heterocycles. The molecule has 1 atom stereocenters. The van der Waals surface area contributed by atoms with Crippen molar-refractivity contribution in [2.24, 2.45) is 4.99 Å². The van der Waals surface area contributed by atoms with Crippen LogP contribution in [-0.2, 0) is 9.59 Å². The smallest absolute Gasteiger partial charge is 0.240 e. The number of benzene rings is 2. The number of carbonyl (C=O) groups excluding carboxylic acids is 2. The first-order valence-electron chi connectivity index (χ1n) is 8.89. The summed E-state index contributed by atoms with van der Waals surface area (Å²) in [6.45, 7) is 3.00. The van der Waals surface area contributed by atoms with Gasteiger partial charge in [0.2, 0.25) is 11.8 Å². The van der Waals surface area contributed by atoms with Crippen molar-refractivity contribution in [3.8, 4) is 11.5 Å². The number of aryl methyl sites for hydroxylation is 1. The Morgan fingerprint density at radius 2 is 1.93 bits per heavy atom. The van der Waals surface area contributed by atoms with Gasteiger partial charge in [-0.3, -0.25) is 9.59 Å². The van der Waals surface area contributed by atoms with Crippen LogP contribution in [0.25, 0.3) is 0 Å². The zero-order valence-electron chi connectivity index (χ0n) is 15.2. The van der Waals surface area contributed by atoms with Crippen LogP contribution < -0.4 is 20.1 Å². The second-order valence-electron chi connectivity index (χ2n) is 6.46. The first-order valence-corrected chi connectivity index (χ1v) is 9.77. The molecule has 0 aliphatic carbocycles. The lowest BCUT2D eigenvalue weighted by atomic mass is 10.2. The molecule has 2 aromatic carbocycles. The van der Waals surface area contributed by atoms with Crippen LogP contribution >= 0.6 is 11.8 Å². The van der Waals surface area contributed by atoms with Crippen molar-refractivity contribution < 1.29 is 19.1 Å². The number of anilines is 1. The largest absolute Gasteiger partial charge is 0.486 e. The Hall–Kier alpha value is -3.00. The van der Waals surface area contributed by atoms with Gasteiger partial charge in [0.15, 0.2) is 16.7 Å². The van der Waals surface area contributed by atoms with Gasteiger partial charge < -0.3 is 20.1 Å². The Labute approximate surface area is 166 Å². The SMILES string of the molecule is Cc1ccc(NC(=O)CC2SC(=Nc3ccc4c(c3)OCCO4)NC2=O)cc1. The van der Waals surface area contributed by atoms with Gasteiger partial charge in [0.05, 0.1) is 5.69 Å². The van der Waals surface area contributed by atoms with E-state index in [4.69, 9.17) is 9.47 Å². The molecular formula is C20H19N3O4S. The maximum absolute atomic E-state index is 12.2. The van der Waals surface area contributed by atoms with E-state index in [9.17, 15) is 9.59 Å². The van der Waals surface area contributed by atoms with Gasteiger partial charge >= 0.3 is 0 Å². The molecule has 7 nitrogen and oxygen atoms in total. The summed E-state index contributed by atoms with van der Waals surface area (Å²) >= 11 is 1.25. The van der Waals surface area contributed by atoms with Gasteiger partial charge in [-0.05, 0) is 31.2 Å². The Morgan fingerprint density at radius 3 is 2.71 bits per heavy atom. The lowest BCUT2D eigenvalue weighted by Gasteiger charge is -2.18. The summed E-state index contributed by atoms with van der Waals surface area (Å²) in [6, 6.07) is 12.9. The van der Waals surface area contributed by atoms with Crippen molar-refractivity contribution in [2.45, 2.75) is 18.6 Å². The van der Waals surface area contributed by atoms with Gasteiger partial charge in [-0.2, -0.15) is 0 Å². The van der Waals surface area contributed by atoms with Gasteiger partial charge in [0.1, 0.15) is 18.5 Å². The van der Waals surface area contributed by atoms with E-state index in [1.807, 2.05) is 31.2 Å². The summed E-state index contributed by atoms with van der Waals surface area (Å²) < 4.78 is 11.0. The number of carbonyl (C=O) groups is 2.